The maximum absolute atomic E-state index is 11.5. The van der Waals surface area contributed by atoms with Crippen LogP contribution in [-0.4, -0.2) is 30.3 Å². The number of nitrogens with two attached hydrogens (primary N) is 1. The molecule has 0 saturated carbocycles. The average Bonchev–Trinajstić information content (AvgIpc) is 2.61. The smallest absolute Gasteiger partial charge is 0.355 e. The molecule has 3 N–H and O–H groups in total. The first kappa shape index (κ1) is 11.6. The first-order chi connectivity index (χ1) is 7.13. The van der Waals surface area contributed by atoms with Crippen molar-refractivity contribution < 1.29 is 14.3 Å². The number of ether oxygens (including phenoxy) is 2. The third-order valence-corrected chi connectivity index (χ3v) is 1.79. The first-order valence-corrected chi connectivity index (χ1v) is 4.86. The van der Waals surface area contributed by atoms with Gasteiger partial charge in [-0.05, 0) is 19.9 Å². The van der Waals surface area contributed by atoms with Crippen LogP contribution in [-0.2, 0) is 9.47 Å². The Bertz CT molecular complexity index is 322. The number of nitrogens with one attached hydrogen (secondary N) is 1. The number of hydrogen-bond donors (Lipinski definition) is 2. The normalized spacial score (nSPS) is 12.4. The maximum atomic E-state index is 11.5. The summed E-state index contributed by atoms with van der Waals surface area (Å²) in [4.78, 5) is 14.2. The molecular weight excluding hydrogens is 196 g/mol. The second kappa shape index (κ2) is 5.41. The number of nitrogen functional groups attached to an aromatic ring is 1. The topological polar surface area (TPSA) is 77.3 Å². The molecule has 1 heterocycles. The lowest BCUT2D eigenvalue weighted by Crippen LogP contribution is -2.20. The number of aromatic nitrogens is 1. The third kappa shape index (κ3) is 3.63. The molecule has 1 atom stereocenters. The fourth-order valence-corrected chi connectivity index (χ4v) is 1.09. The molecule has 15 heavy (non-hydrogen) atoms. The molecule has 5 heteroatoms. The minimum Gasteiger partial charge on any atom is -0.456 e. The molecule has 1 unspecified atom stereocenters. The molecule has 0 spiro atoms. The molecule has 5 nitrogen and oxygen atoms in total. The SMILES string of the molecule is CCOCC(C)OC(=O)c1cc(N)c[nH]1. The van der Waals surface area contributed by atoms with Crippen LogP contribution < -0.4 is 5.73 Å². The minimum absolute atomic E-state index is 0.262. The number of esters is 1. The van der Waals surface area contributed by atoms with Crippen LogP contribution in [0.2, 0.25) is 0 Å². The summed E-state index contributed by atoms with van der Waals surface area (Å²) in [5.74, 6) is -0.418. The molecule has 0 aliphatic rings. The summed E-state index contributed by atoms with van der Waals surface area (Å²) in [5.41, 5.74) is 6.33. The van der Waals surface area contributed by atoms with Crippen molar-refractivity contribution >= 4 is 11.7 Å². The number of aromatic amines is 1. The van der Waals surface area contributed by atoms with E-state index in [9.17, 15) is 4.79 Å². The van der Waals surface area contributed by atoms with Gasteiger partial charge < -0.3 is 20.2 Å². The third-order valence-electron chi connectivity index (χ3n) is 1.79. The van der Waals surface area contributed by atoms with Gasteiger partial charge in [0.05, 0.1) is 12.3 Å². The number of rotatable bonds is 5. The van der Waals surface area contributed by atoms with Crippen LogP contribution in [0.5, 0.6) is 0 Å². The quantitative estimate of drug-likeness (QED) is 0.718. The van der Waals surface area contributed by atoms with Crippen molar-refractivity contribution in [3.05, 3.63) is 18.0 Å². The molecule has 0 aliphatic heterocycles. The van der Waals surface area contributed by atoms with Crippen LogP contribution in [0.3, 0.4) is 0 Å². The zero-order valence-electron chi connectivity index (χ0n) is 8.95. The van der Waals surface area contributed by atoms with E-state index in [1.54, 1.807) is 13.1 Å². The highest BCUT2D eigenvalue weighted by Crippen LogP contribution is 2.07. The number of carbonyl (C=O) groups excluding carboxylic acids is 1. The van der Waals surface area contributed by atoms with E-state index < -0.39 is 5.97 Å². The summed E-state index contributed by atoms with van der Waals surface area (Å²) in [6.45, 7) is 4.68. The standard InChI is InChI=1S/C10H16N2O3/c1-3-14-6-7(2)15-10(13)9-4-8(11)5-12-9/h4-5,7,12H,3,6,11H2,1-2H3. The summed E-state index contributed by atoms with van der Waals surface area (Å²) in [7, 11) is 0. The monoisotopic (exact) mass is 212 g/mol. The van der Waals surface area contributed by atoms with Gasteiger partial charge in [0.2, 0.25) is 0 Å². The van der Waals surface area contributed by atoms with Gasteiger partial charge >= 0.3 is 5.97 Å². The van der Waals surface area contributed by atoms with E-state index in [4.69, 9.17) is 15.2 Å². The Kier molecular flexibility index (Phi) is 4.17. The van der Waals surface area contributed by atoms with Crippen molar-refractivity contribution in [1.29, 1.82) is 0 Å². The van der Waals surface area contributed by atoms with Gasteiger partial charge in [0.15, 0.2) is 0 Å². The minimum atomic E-state index is -0.418. The Morgan fingerprint density at radius 1 is 1.67 bits per heavy atom. The van der Waals surface area contributed by atoms with Crippen molar-refractivity contribution in [3.63, 3.8) is 0 Å². The Morgan fingerprint density at radius 2 is 2.40 bits per heavy atom. The second-order valence-corrected chi connectivity index (χ2v) is 3.22. The van der Waals surface area contributed by atoms with Crippen molar-refractivity contribution in [3.8, 4) is 0 Å². The zero-order chi connectivity index (χ0) is 11.3. The highest BCUT2D eigenvalue weighted by atomic mass is 16.6. The fraction of sp³-hybridized carbons (Fsp3) is 0.500. The Morgan fingerprint density at radius 3 is 2.93 bits per heavy atom. The van der Waals surface area contributed by atoms with Gasteiger partial charge in [-0.3, -0.25) is 0 Å². The van der Waals surface area contributed by atoms with Gasteiger partial charge in [-0.2, -0.15) is 0 Å². The largest absolute Gasteiger partial charge is 0.456 e. The van der Waals surface area contributed by atoms with Crippen molar-refractivity contribution in [2.24, 2.45) is 0 Å². The molecule has 0 saturated heterocycles. The van der Waals surface area contributed by atoms with E-state index in [-0.39, 0.29) is 6.10 Å². The molecule has 0 aliphatic carbocycles. The van der Waals surface area contributed by atoms with Crippen LogP contribution in [0.25, 0.3) is 0 Å². The second-order valence-electron chi connectivity index (χ2n) is 3.22. The molecule has 1 aromatic rings. The van der Waals surface area contributed by atoms with Gasteiger partial charge in [0.1, 0.15) is 11.8 Å². The Labute approximate surface area is 88.6 Å². The van der Waals surface area contributed by atoms with E-state index in [0.717, 1.165) is 0 Å². The Hall–Kier alpha value is -1.49. The van der Waals surface area contributed by atoms with Crippen LogP contribution in [0.1, 0.15) is 24.3 Å². The number of carbonyl (C=O) groups is 1. The van der Waals surface area contributed by atoms with E-state index in [1.807, 2.05) is 6.92 Å². The van der Waals surface area contributed by atoms with Gasteiger partial charge in [-0.1, -0.05) is 0 Å². The average molecular weight is 212 g/mol. The fourth-order valence-electron chi connectivity index (χ4n) is 1.09. The molecule has 84 valence electrons. The summed E-state index contributed by atoms with van der Waals surface area (Å²) in [6, 6.07) is 1.54. The summed E-state index contributed by atoms with van der Waals surface area (Å²) >= 11 is 0. The molecule has 0 bridgehead atoms. The van der Waals surface area contributed by atoms with E-state index in [2.05, 4.69) is 4.98 Å². The van der Waals surface area contributed by atoms with Crippen LogP contribution >= 0.6 is 0 Å². The van der Waals surface area contributed by atoms with Crippen LogP contribution in [0, 0.1) is 0 Å². The number of H-pyrrole nitrogens is 1. The highest BCUT2D eigenvalue weighted by Gasteiger charge is 2.13. The Balaban J connectivity index is 2.42. The van der Waals surface area contributed by atoms with Gasteiger partial charge in [-0.25, -0.2) is 4.79 Å². The van der Waals surface area contributed by atoms with Crippen molar-refractivity contribution in [2.45, 2.75) is 20.0 Å². The predicted molar refractivity (Wildman–Crippen MR) is 56.6 cm³/mol. The molecule has 0 amide bonds. The summed E-state index contributed by atoms with van der Waals surface area (Å²) in [5, 5.41) is 0. The zero-order valence-corrected chi connectivity index (χ0v) is 8.95. The lowest BCUT2D eigenvalue weighted by molar-refractivity contribution is 0.00393. The molecular formula is C10H16N2O3. The van der Waals surface area contributed by atoms with Gasteiger partial charge in [0.25, 0.3) is 0 Å². The summed E-state index contributed by atoms with van der Waals surface area (Å²) < 4.78 is 10.2. The molecule has 1 rings (SSSR count). The van der Waals surface area contributed by atoms with Crippen molar-refractivity contribution in [1.82, 2.24) is 4.98 Å². The highest BCUT2D eigenvalue weighted by molar-refractivity contribution is 5.88. The molecule has 0 radical (unpaired) electrons. The number of anilines is 1. The molecule has 0 aromatic carbocycles. The first-order valence-electron chi connectivity index (χ1n) is 4.86. The van der Waals surface area contributed by atoms with Crippen LogP contribution in [0.15, 0.2) is 12.3 Å². The van der Waals surface area contributed by atoms with E-state index >= 15 is 0 Å². The summed E-state index contributed by atoms with van der Waals surface area (Å²) in [6.07, 6.45) is 1.28. The lowest BCUT2D eigenvalue weighted by Gasteiger charge is -2.11. The van der Waals surface area contributed by atoms with Crippen LogP contribution in [0.4, 0.5) is 5.69 Å². The van der Waals surface area contributed by atoms with E-state index in [0.29, 0.717) is 24.6 Å². The maximum Gasteiger partial charge on any atom is 0.355 e. The molecule has 1 aromatic heterocycles. The van der Waals surface area contributed by atoms with Gasteiger partial charge in [-0.15, -0.1) is 0 Å². The number of hydrogen-bond acceptors (Lipinski definition) is 4. The lowest BCUT2D eigenvalue weighted by atomic mass is 10.4. The van der Waals surface area contributed by atoms with Gasteiger partial charge in [0, 0.05) is 12.8 Å². The molecule has 0 fully saturated rings. The van der Waals surface area contributed by atoms with Crippen molar-refractivity contribution in [2.75, 3.05) is 18.9 Å². The predicted octanol–water partition coefficient (Wildman–Crippen LogP) is 1.18. The van der Waals surface area contributed by atoms with E-state index in [1.165, 1.54) is 6.07 Å².